The van der Waals surface area contributed by atoms with Crippen molar-refractivity contribution in [3.8, 4) is 11.5 Å². The summed E-state index contributed by atoms with van der Waals surface area (Å²) in [6, 6.07) is 13.0. The van der Waals surface area contributed by atoms with Crippen LogP contribution < -0.4 is 9.47 Å². The lowest BCUT2D eigenvalue weighted by Gasteiger charge is -2.18. The summed E-state index contributed by atoms with van der Waals surface area (Å²) in [4.78, 5) is 0. The van der Waals surface area contributed by atoms with E-state index in [1.165, 1.54) is 20.3 Å². The average Bonchev–Trinajstić information content (AvgIpc) is 2.50. The monoisotopic (exact) mass is 313 g/mol. The predicted octanol–water partition coefficient (Wildman–Crippen LogP) is 5.65. The number of benzene rings is 2. The smallest absolute Gasteiger partial charge is 0.246 e. The van der Waals surface area contributed by atoms with Crippen LogP contribution in [0.3, 0.4) is 0 Å². The zero-order chi connectivity index (χ0) is 15.9. The fourth-order valence-corrected chi connectivity index (χ4v) is 3.64. The first kappa shape index (κ1) is 15.0. The highest BCUT2D eigenvalue weighted by Gasteiger charge is 2.19. The van der Waals surface area contributed by atoms with Gasteiger partial charge in [0.2, 0.25) is 20.7 Å². The van der Waals surface area contributed by atoms with Gasteiger partial charge in [-0.3, -0.25) is 0 Å². The molecule has 0 aliphatic rings. The molecule has 0 saturated heterocycles. The van der Waals surface area contributed by atoms with Gasteiger partial charge < -0.3 is 9.47 Å². The van der Waals surface area contributed by atoms with Crippen molar-refractivity contribution in [1.82, 2.24) is 0 Å². The van der Waals surface area contributed by atoms with E-state index in [9.17, 15) is 0 Å². The van der Waals surface area contributed by atoms with Gasteiger partial charge in [0.1, 0.15) is 11.5 Å². The van der Waals surface area contributed by atoms with E-state index in [4.69, 9.17) is 9.47 Å². The summed E-state index contributed by atoms with van der Waals surface area (Å²) in [5.74, 6) is 1.68. The van der Waals surface area contributed by atoms with Gasteiger partial charge in [-0.15, -0.1) is 0 Å². The van der Waals surface area contributed by atoms with Crippen molar-refractivity contribution < 1.29 is 9.47 Å². The molecule has 3 aromatic rings. The van der Waals surface area contributed by atoms with Crippen LogP contribution in [-0.4, -0.2) is 14.2 Å². The van der Waals surface area contributed by atoms with Gasteiger partial charge in [-0.1, -0.05) is 26.8 Å². The second kappa shape index (κ2) is 5.40. The molecule has 0 saturated carbocycles. The lowest BCUT2D eigenvalue weighted by molar-refractivity contribution is 0.398. The maximum absolute atomic E-state index is 5.54. The molecule has 0 N–H and O–H groups in total. The second-order valence-corrected chi connectivity index (χ2v) is 7.57. The third kappa shape index (κ3) is 2.61. The summed E-state index contributed by atoms with van der Waals surface area (Å²) < 4.78 is 13.4. The molecular weight excluding hydrogens is 292 g/mol. The van der Waals surface area contributed by atoms with Crippen LogP contribution in [0.1, 0.15) is 26.3 Å². The Bertz CT molecular complexity index is 847. The van der Waals surface area contributed by atoms with Crippen LogP contribution in [0.2, 0.25) is 0 Å². The first-order chi connectivity index (χ1) is 10.4. The average molecular weight is 313 g/mol. The van der Waals surface area contributed by atoms with Crippen LogP contribution in [0.15, 0.2) is 36.4 Å². The molecule has 0 aliphatic heterocycles. The number of methoxy groups -OCH3 is 2. The summed E-state index contributed by atoms with van der Waals surface area (Å²) in [6.07, 6.45) is 0. The van der Waals surface area contributed by atoms with Gasteiger partial charge in [0.25, 0.3) is 0 Å². The molecule has 114 valence electrons. The Kier molecular flexibility index (Phi) is 3.69. The lowest BCUT2D eigenvalue weighted by atomic mass is 9.86. The molecule has 0 bridgehead atoms. The molecule has 0 spiro atoms. The third-order valence-electron chi connectivity index (χ3n) is 3.93. The van der Waals surface area contributed by atoms with Gasteiger partial charge in [0.15, 0.2) is 0 Å². The molecule has 0 unspecified atom stereocenters. The first-order valence-electron chi connectivity index (χ1n) is 7.35. The van der Waals surface area contributed by atoms with Crippen molar-refractivity contribution in [3.05, 3.63) is 42.0 Å². The van der Waals surface area contributed by atoms with E-state index >= 15 is 0 Å². The topological polar surface area (TPSA) is 18.5 Å². The Morgan fingerprint density at radius 1 is 0.864 bits per heavy atom. The third-order valence-corrected chi connectivity index (χ3v) is 5.08. The molecular formula is C19H21O2S+. The second-order valence-electron chi connectivity index (χ2n) is 6.49. The van der Waals surface area contributed by atoms with Crippen LogP contribution >= 0.6 is 11.3 Å². The molecule has 2 nitrogen and oxygen atoms in total. The predicted molar refractivity (Wildman–Crippen MR) is 95.5 cm³/mol. The minimum atomic E-state index is 0.151. The van der Waals surface area contributed by atoms with Crippen LogP contribution in [0, 0.1) is 0 Å². The highest BCUT2D eigenvalue weighted by Crippen LogP contribution is 2.38. The molecule has 3 heteroatoms. The largest absolute Gasteiger partial charge is 0.496 e. The zero-order valence-corrected chi connectivity index (χ0v) is 14.5. The van der Waals surface area contributed by atoms with Crippen LogP contribution in [0.25, 0.3) is 20.2 Å². The van der Waals surface area contributed by atoms with Crippen molar-refractivity contribution in [2.45, 2.75) is 26.2 Å². The Labute approximate surface area is 135 Å². The molecule has 22 heavy (non-hydrogen) atoms. The van der Waals surface area contributed by atoms with Gasteiger partial charge in [-0.05, 0) is 23.1 Å². The number of rotatable bonds is 2. The Morgan fingerprint density at radius 2 is 1.64 bits per heavy atom. The first-order valence-corrected chi connectivity index (χ1v) is 8.17. The Hall–Kier alpha value is -1.87. The van der Waals surface area contributed by atoms with E-state index in [1.54, 1.807) is 25.6 Å². The van der Waals surface area contributed by atoms with Crippen molar-refractivity contribution >= 4 is 31.5 Å². The molecule has 1 aromatic heterocycles. The summed E-state index contributed by atoms with van der Waals surface area (Å²) >= 11 is 1.77. The van der Waals surface area contributed by atoms with E-state index in [2.05, 4.69) is 51.1 Å². The fraction of sp³-hybridized carbons (Fsp3) is 0.316. The molecule has 1 heterocycles. The fourth-order valence-electron chi connectivity index (χ4n) is 2.59. The lowest BCUT2D eigenvalue weighted by Crippen LogP contribution is -2.10. The van der Waals surface area contributed by atoms with E-state index in [1.807, 2.05) is 6.07 Å². The van der Waals surface area contributed by atoms with E-state index < -0.39 is 0 Å². The Morgan fingerprint density at radius 3 is 2.27 bits per heavy atom. The van der Waals surface area contributed by atoms with Gasteiger partial charge in [0.05, 0.1) is 19.6 Å². The molecule has 3 rings (SSSR count). The molecule has 2 aromatic carbocycles. The zero-order valence-electron chi connectivity index (χ0n) is 13.7. The minimum Gasteiger partial charge on any atom is -0.496 e. The van der Waals surface area contributed by atoms with E-state index in [0.717, 1.165) is 16.9 Å². The van der Waals surface area contributed by atoms with E-state index in [-0.39, 0.29) is 5.41 Å². The van der Waals surface area contributed by atoms with Crippen molar-refractivity contribution in [3.63, 3.8) is 0 Å². The van der Waals surface area contributed by atoms with Crippen molar-refractivity contribution in [1.29, 1.82) is 0 Å². The van der Waals surface area contributed by atoms with Crippen LogP contribution in [-0.2, 0) is 5.41 Å². The summed E-state index contributed by atoms with van der Waals surface area (Å²) in [7, 11) is 3.39. The summed E-state index contributed by atoms with van der Waals surface area (Å²) in [5.41, 5.74) is 1.50. The number of fused-ring (bicyclic) bond motifs is 2. The number of ether oxygens (including phenoxy) is 2. The number of hydrogen-bond donors (Lipinski definition) is 0. The van der Waals surface area contributed by atoms with E-state index in [0.29, 0.717) is 0 Å². The normalized spacial score (nSPS) is 11.9. The van der Waals surface area contributed by atoms with Gasteiger partial charge >= 0.3 is 0 Å². The maximum atomic E-state index is 5.54. The summed E-state index contributed by atoms with van der Waals surface area (Å²) in [6.45, 7) is 6.72. The SMILES string of the molecule is COc1cc(OC)c2cc3cc(C(C)(C)C)ccc3[s+]c2c1. The molecule has 0 amide bonds. The van der Waals surface area contributed by atoms with Gasteiger partial charge in [0, 0.05) is 23.6 Å². The minimum absolute atomic E-state index is 0.151. The van der Waals surface area contributed by atoms with Crippen LogP contribution in [0.5, 0.6) is 11.5 Å². The van der Waals surface area contributed by atoms with Crippen molar-refractivity contribution in [2.75, 3.05) is 14.2 Å². The van der Waals surface area contributed by atoms with Gasteiger partial charge in [-0.25, -0.2) is 0 Å². The molecule has 0 atom stereocenters. The quantitative estimate of drug-likeness (QED) is 0.449. The maximum Gasteiger partial charge on any atom is 0.246 e. The highest BCUT2D eigenvalue weighted by atomic mass is 32.1. The van der Waals surface area contributed by atoms with Gasteiger partial charge in [-0.2, -0.15) is 0 Å². The van der Waals surface area contributed by atoms with Crippen LogP contribution in [0.4, 0.5) is 0 Å². The molecule has 0 fully saturated rings. The standard InChI is InChI=1S/C19H21O2S/c1-19(2,3)13-6-7-17-12(8-13)9-15-16(21-5)10-14(20-4)11-18(15)22-17/h6-11H,1-5H3/q+1. The Balaban J connectivity index is 2.31. The highest BCUT2D eigenvalue weighted by molar-refractivity contribution is 7.24. The summed E-state index contributed by atoms with van der Waals surface area (Å²) in [5, 5.41) is 2.39. The molecule has 0 radical (unpaired) electrons. The number of hydrogen-bond acceptors (Lipinski definition) is 2. The molecule has 0 aliphatic carbocycles. The van der Waals surface area contributed by atoms with Crippen molar-refractivity contribution in [2.24, 2.45) is 0 Å².